The minimum Gasteiger partial charge on any atom is -0.422 e. The Bertz CT molecular complexity index is 672. The first-order valence-electron chi connectivity index (χ1n) is 6.20. The van der Waals surface area contributed by atoms with Crippen LogP contribution in [0.25, 0.3) is 11.0 Å². The lowest BCUT2D eigenvalue weighted by Crippen LogP contribution is -2.23. The molecule has 0 unspecified atom stereocenters. The number of hydrogen-bond donors (Lipinski definition) is 1. The second-order valence-corrected chi connectivity index (χ2v) is 4.17. The molecule has 1 amide bonds. The van der Waals surface area contributed by atoms with Gasteiger partial charge >= 0.3 is 5.63 Å². The van der Waals surface area contributed by atoms with Crippen LogP contribution < -0.4 is 16.3 Å². The van der Waals surface area contributed by atoms with Gasteiger partial charge in [0.15, 0.2) is 0 Å². The summed E-state index contributed by atoms with van der Waals surface area (Å²) < 4.78 is 5.15. The van der Waals surface area contributed by atoms with Crippen molar-refractivity contribution in [2.45, 2.75) is 13.8 Å². The summed E-state index contributed by atoms with van der Waals surface area (Å²) in [6.07, 6.45) is 0. The van der Waals surface area contributed by atoms with Gasteiger partial charge in [-0.2, -0.15) is 0 Å². The van der Waals surface area contributed by atoms with Crippen molar-refractivity contribution in [3.63, 3.8) is 0 Å². The van der Waals surface area contributed by atoms with Crippen molar-refractivity contribution in [1.29, 1.82) is 0 Å². The third kappa shape index (κ3) is 2.31. The van der Waals surface area contributed by atoms with Gasteiger partial charge in [-0.25, -0.2) is 4.79 Å². The molecule has 0 atom stereocenters. The lowest BCUT2D eigenvalue weighted by atomic mass is 10.1. The summed E-state index contributed by atoms with van der Waals surface area (Å²) in [6.45, 7) is 5.72. The molecule has 2 N–H and O–H groups in total. The maximum atomic E-state index is 11.6. The highest BCUT2D eigenvalue weighted by molar-refractivity contribution is 5.98. The Kier molecular flexibility index (Phi) is 3.55. The van der Waals surface area contributed by atoms with Gasteiger partial charge in [0.25, 0.3) is 5.91 Å². The number of hydrogen-bond acceptors (Lipinski definition) is 4. The quantitative estimate of drug-likeness (QED) is 0.849. The monoisotopic (exact) mass is 260 g/mol. The van der Waals surface area contributed by atoms with E-state index in [4.69, 9.17) is 10.2 Å². The Morgan fingerprint density at radius 3 is 2.58 bits per heavy atom. The number of nitrogens with two attached hydrogens (primary N) is 1. The standard InChI is InChI=1S/C14H16N2O3/c1-3-16(4-2)11-6-5-7-12-9(11)8-10(13(15)17)14(18)19-12/h5-8H,3-4H2,1-2H3,(H2,15,17). The van der Waals surface area contributed by atoms with Crippen LogP contribution >= 0.6 is 0 Å². The van der Waals surface area contributed by atoms with Crippen LogP contribution in [0.3, 0.4) is 0 Å². The summed E-state index contributed by atoms with van der Waals surface area (Å²) in [7, 11) is 0. The highest BCUT2D eigenvalue weighted by atomic mass is 16.4. The molecule has 1 aromatic heterocycles. The van der Waals surface area contributed by atoms with E-state index in [1.54, 1.807) is 6.07 Å². The van der Waals surface area contributed by atoms with E-state index in [0.29, 0.717) is 5.58 Å². The van der Waals surface area contributed by atoms with Gasteiger partial charge in [-0.3, -0.25) is 4.79 Å². The van der Waals surface area contributed by atoms with E-state index in [2.05, 4.69) is 4.90 Å². The smallest absolute Gasteiger partial charge is 0.349 e. The number of nitrogens with zero attached hydrogens (tertiary/aromatic N) is 1. The molecule has 5 nitrogen and oxygen atoms in total. The van der Waals surface area contributed by atoms with Gasteiger partial charge in [0.2, 0.25) is 0 Å². The second-order valence-electron chi connectivity index (χ2n) is 4.17. The fraction of sp³-hybridized carbons (Fsp3) is 0.286. The minimum absolute atomic E-state index is 0.118. The molecular formula is C14H16N2O3. The molecular weight excluding hydrogens is 244 g/mol. The summed E-state index contributed by atoms with van der Waals surface area (Å²) in [6, 6.07) is 6.97. The number of amides is 1. The minimum atomic E-state index is -0.773. The van der Waals surface area contributed by atoms with Gasteiger partial charge in [-0.1, -0.05) is 6.07 Å². The lowest BCUT2D eigenvalue weighted by molar-refractivity contribution is 0.0997. The summed E-state index contributed by atoms with van der Waals surface area (Å²) in [5.41, 5.74) is 5.75. The van der Waals surface area contributed by atoms with Crippen LogP contribution in [-0.4, -0.2) is 19.0 Å². The Morgan fingerprint density at radius 1 is 1.32 bits per heavy atom. The van der Waals surface area contributed by atoms with Crippen molar-refractivity contribution in [3.8, 4) is 0 Å². The first-order chi connectivity index (χ1) is 9.08. The number of carbonyl (C=O) groups is 1. The van der Waals surface area contributed by atoms with E-state index in [-0.39, 0.29) is 5.56 Å². The highest BCUT2D eigenvalue weighted by Gasteiger charge is 2.14. The molecule has 0 aliphatic rings. The first-order valence-corrected chi connectivity index (χ1v) is 6.20. The van der Waals surface area contributed by atoms with Crippen LogP contribution in [0.1, 0.15) is 24.2 Å². The van der Waals surface area contributed by atoms with E-state index < -0.39 is 11.5 Å². The molecule has 0 aliphatic carbocycles. The molecule has 0 saturated carbocycles. The van der Waals surface area contributed by atoms with E-state index in [0.717, 1.165) is 24.2 Å². The Labute approximate surface area is 110 Å². The molecule has 0 bridgehead atoms. The third-order valence-corrected chi connectivity index (χ3v) is 3.12. The van der Waals surface area contributed by atoms with Crippen molar-refractivity contribution in [2.75, 3.05) is 18.0 Å². The van der Waals surface area contributed by atoms with Gasteiger partial charge in [0, 0.05) is 24.2 Å². The Balaban J connectivity index is 2.76. The molecule has 1 heterocycles. The predicted octanol–water partition coefficient (Wildman–Crippen LogP) is 1.74. The molecule has 5 heteroatoms. The first kappa shape index (κ1) is 13.1. The average Bonchev–Trinajstić information content (AvgIpc) is 2.39. The molecule has 2 aromatic rings. The van der Waals surface area contributed by atoms with Gasteiger partial charge in [0.1, 0.15) is 11.1 Å². The number of fused-ring (bicyclic) bond motifs is 1. The molecule has 19 heavy (non-hydrogen) atoms. The van der Waals surface area contributed by atoms with Crippen LogP contribution in [0, 0.1) is 0 Å². The van der Waals surface area contributed by atoms with Crippen LogP contribution in [0.15, 0.2) is 33.5 Å². The normalized spacial score (nSPS) is 10.6. The number of rotatable bonds is 4. The maximum Gasteiger partial charge on any atom is 0.349 e. The summed E-state index contributed by atoms with van der Waals surface area (Å²) in [5, 5.41) is 0.722. The van der Waals surface area contributed by atoms with Gasteiger partial charge in [-0.15, -0.1) is 0 Å². The second kappa shape index (κ2) is 5.14. The zero-order chi connectivity index (χ0) is 14.0. The fourth-order valence-corrected chi connectivity index (χ4v) is 2.14. The van der Waals surface area contributed by atoms with Gasteiger partial charge < -0.3 is 15.1 Å². The van der Waals surface area contributed by atoms with Crippen LogP contribution in [0.2, 0.25) is 0 Å². The van der Waals surface area contributed by atoms with Crippen LogP contribution in [0.5, 0.6) is 0 Å². The van der Waals surface area contributed by atoms with Crippen molar-refractivity contribution in [2.24, 2.45) is 5.73 Å². The topological polar surface area (TPSA) is 76.5 Å². The number of carbonyl (C=O) groups excluding carboxylic acids is 1. The molecule has 0 radical (unpaired) electrons. The molecule has 0 saturated heterocycles. The Morgan fingerprint density at radius 2 is 2.00 bits per heavy atom. The van der Waals surface area contributed by atoms with Crippen LogP contribution in [-0.2, 0) is 0 Å². The van der Waals surface area contributed by atoms with Gasteiger partial charge in [0.05, 0.1) is 0 Å². The molecule has 2 rings (SSSR count). The largest absolute Gasteiger partial charge is 0.422 e. The Hall–Kier alpha value is -2.30. The van der Waals surface area contributed by atoms with Crippen molar-refractivity contribution in [1.82, 2.24) is 0 Å². The molecule has 0 fully saturated rings. The lowest BCUT2D eigenvalue weighted by Gasteiger charge is -2.22. The van der Waals surface area contributed by atoms with Gasteiger partial charge in [-0.05, 0) is 32.0 Å². The fourth-order valence-electron chi connectivity index (χ4n) is 2.14. The maximum absolute atomic E-state index is 11.6. The zero-order valence-electron chi connectivity index (χ0n) is 11.0. The molecule has 1 aromatic carbocycles. The van der Waals surface area contributed by atoms with Crippen molar-refractivity contribution < 1.29 is 9.21 Å². The average molecular weight is 260 g/mol. The molecule has 0 spiro atoms. The number of anilines is 1. The zero-order valence-corrected chi connectivity index (χ0v) is 11.0. The SMILES string of the molecule is CCN(CC)c1cccc2oc(=O)c(C(N)=O)cc12. The van der Waals surface area contributed by atoms with Crippen LogP contribution in [0.4, 0.5) is 5.69 Å². The molecule has 0 aliphatic heterocycles. The number of benzene rings is 1. The van der Waals surface area contributed by atoms with Crippen molar-refractivity contribution in [3.05, 3.63) is 40.2 Å². The third-order valence-electron chi connectivity index (χ3n) is 3.12. The summed E-state index contributed by atoms with van der Waals surface area (Å²) in [5.74, 6) is -0.773. The van der Waals surface area contributed by atoms with E-state index in [1.807, 2.05) is 26.0 Å². The van der Waals surface area contributed by atoms with E-state index in [1.165, 1.54) is 6.07 Å². The van der Waals surface area contributed by atoms with E-state index >= 15 is 0 Å². The van der Waals surface area contributed by atoms with E-state index in [9.17, 15) is 9.59 Å². The van der Waals surface area contributed by atoms with Crippen molar-refractivity contribution >= 4 is 22.6 Å². The number of primary amides is 1. The molecule has 100 valence electrons. The summed E-state index contributed by atoms with van der Waals surface area (Å²) in [4.78, 5) is 25.0. The summed E-state index contributed by atoms with van der Waals surface area (Å²) >= 11 is 0. The highest BCUT2D eigenvalue weighted by Crippen LogP contribution is 2.26. The predicted molar refractivity (Wildman–Crippen MR) is 74.6 cm³/mol.